The van der Waals surface area contributed by atoms with Gasteiger partial charge in [0.15, 0.2) is 0 Å². The minimum absolute atomic E-state index is 0.0788. The van der Waals surface area contributed by atoms with Crippen LogP contribution in [0.1, 0.15) is 44.0 Å². The second kappa shape index (κ2) is 7.20. The Bertz CT molecular complexity index is 616. The quantitative estimate of drug-likeness (QED) is 0.793. The van der Waals surface area contributed by atoms with Gasteiger partial charge in [-0.1, -0.05) is 0 Å². The van der Waals surface area contributed by atoms with Crippen molar-refractivity contribution in [3.05, 3.63) is 29.6 Å². The number of rotatable bonds is 3. The number of methoxy groups -OCH3 is 1. The second-order valence-corrected chi connectivity index (χ2v) is 6.95. The number of nitrogens with zero attached hydrogens (tertiary/aromatic N) is 1. The molecular formula is C18H24FNO4. The molecule has 0 saturated carbocycles. The Hall–Kier alpha value is -2.11. The van der Waals surface area contributed by atoms with Crippen LogP contribution in [0.15, 0.2) is 18.2 Å². The van der Waals surface area contributed by atoms with E-state index < -0.39 is 17.4 Å². The third-order valence-electron chi connectivity index (χ3n) is 3.96. The number of ether oxygens (including phenoxy) is 2. The first-order valence-electron chi connectivity index (χ1n) is 8.07. The van der Waals surface area contributed by atoms with Gasteiger partial charge in [0.2, 0.25) is 0 Å². The third kappa shape index (κ3) is 4.46. The summed E-state index contributed by atoms with van der Waals surface area (Å²) >= 11 is 0. The standard InChI is InChI=1S/C18H24FNO4/c1-18(2,3)24-16(21)12-7-9-20(10-8-12)13-5-6-14(15(19)11-13)17(22)23-4/h5-6,11-12H,7-10H2,1-4H3. The molecule has 0 unspecified atom stereocenters. The Balaban J connectivity index is 1.98. The molecule has 0 N–H and O–H groups in total. The molecular weight excluding hydrogens is 313 g/mol. The minimum Gasteiger partial charge on any atom is -0.465 e. The smallest absolute Gasteiger partial charge is 0.340 e. The molecule has 24 heavy (non-hydrogen) atoms. The first kappa shape index (κ1) is 18.2. The van der Waals surface area contributed by atoms with Crippen molar-refractivity contribution in [2.75, 3.05) is 25.1 Å². The van der Waals surface area contributed by atoms with E-state index in [2.05, 4.69) is 4.74 Å². The molecule has 1 saturated heterocycles. The normalized spacial score (nSPS) is 16.0. The molecule has 1 heterocycles. The van der Waals surface area contributed by atoms with Gasteiger partial charge in [-0.2, -0.15) is 0 Å². The lowest BCUT2D eigenvalue weighted by atomic mass is 9.96. The Morgan fingerprint density at radius 1 is 1.21 bits per heavy atom. The zero-order valence-electron chi connectivity index (χ0n) is 14.6. The first-order chi connectivity index (χ1) is 11.2. The third-order valence-corrected chi connectivity index (χ3v) is 3.96. The zero-order chi connectivity index (χ0) is 17.9. The van der Waals surface area contributed by atoms with Crippen LogP contribution in [-0.4, -0.2) is 37.7 Å². The minimum atomic E-state index is -0.692. The topological polar surface area (TPSA) is 55.8 Å². The summed E-state index contributed by atoms with van der Waals surface area (Å²) in [6.07, 6.45) is 1.32. The SMILES string of the molecule is COC(=O)c1ccc(N2CCC(C(=O)OC(C)(C)C)CC2)cc1F. The molecule has 132 valence electrons. The molecule has 1 aliphatic rings. The van der Waals surface area contributed by atoms with Crippen LogP contribution < -0.4 is 4.90 Å². The maximum absolute atomic E-state index is 14.0. The average Bonchev–Trinajstić information content (AvgIpc) is 2.52. The molecule has 0 aliphatic carbocycles. The summed E-state index contributed by atoms with van der Waals surface area (Å²) in [7, 11) is 1.22. The lowest BCUT2D eigenvalue weighted by Crippen LogP contribution is -2.38. The largest absolute Gasteiger partial charge is 0.465 e. The molecule has 1 fully saturated rings. The van der Waals surface area contributed by atoms with E-state index in [0.29, 0.717) is 31.6 Å². The molecule has 0 atom stereocenters. The van der Waals surface area contributed by atoms with Gasteiger partial charge in [0.1, 0.15) is 11.4 Å². The van der Waals surface area contributed by atoms with Crippen molar-refractivity contribution < 1.29 is 23.5 Å². The molecule has 0 radical (unpaired) electrons. The highest BCUT2D eigenvalue weighted by atomic mass is 19.1. The summed E-state index contributed by atoms with van der Waals surface area (Å²) in [6, 6.07) is 4.46. The Labute approximate surface area is 141 Å². The second-order valence-electron chi connectivity index (χ2n) is 6.95. The highest BCUT2D eigenvalue weighted by Gasteiger charge is 2.29. The molecule has 0 bridgehead atoms. The van der Waals surface area contributed by atoms with Crippen molar-refractivity contribution >= 4 is 17.6 Å². The van der Waals surface area contributed by atoms with Crippen molar-refractivity contribution in [1.29, 1.82) is 0 Å². The van der Waals surface area contributed by atoms with Crippen LogP contribution in [0, 0.1) is 11.7 Å². The lowest BCUT2D eigenvalue weighted by molar-refractivity contribution is -0.160. The Morgan fingerprint density at radius 2 is 1.83 bits per heavy atom. The van der Waals surface area contributed by atoms with Gasteiger partial charge in [-0.25, -0.2) is 9.18 Å². The summed E-state index contributed by atoms with van der Waals surface area (Å²) in [5.41, 5.74) is 0.133. The van der Waals surface area contributed by atoms with Gasteiger partial charge in [0.05, 0.1) is 18.6 Å². The molecule has 0 aromatic heterocycles. The highest BCUT2D eigenvalue weighted by molar-refractivity contribution is 5.90. The van der Waals surface area contributed by atoms with Gasteiger partial charge in [-0.15, -0.1) is 0 Å². The fourth-order valence-corrected chi connectivity index (χ4v) is 2.73. The van der Waals surface area contributed by atoms with Crippen LogP contribution in [0.25, 0.3) is 0 Å². The molecule has 1 aliphatic heterocycles. The number of halogens is 1. The van der Waals surface area contributed by atoms with E-state index in [1.165, 1.54) is 19.2 Å². The molecule has 1 aromatic carbocycles. The molecule has 1 aromatic rings. The summed E-state index contributed by atoms with van der Waals surface area (Å²) in [5.74, 6) is -1.59. The number of carbonyl (C=O) groups is 2. The maximum atomic E-state index is 14.0. The van der Waals surface area contributed by atoms with Gasteiger partial charge < -0.3 is 14.4 Å². The Morgan fingerprint density at radius 3 is 2.33 bits per heavy atom. The summed E-state index contributed by atoms with van der Waals surface area (Å²) in [4.78, 5) is 25.5. The van der Waals surface area contributed by atoms with Crippen molar-refractivity contribution in [2.45, 2.75) is 39.2 Å². The highest BCUT2D eigenvalue weighted by Crippen LogP contribution is 2.27. The summed E-state index contributed by atoms with van der Waals surface area (Å²) in [5, 5.41) is 0. The van der Waals surface area contributed by atoms with Gasteiger partial charge in [0, 0.05) is 18.8 Å². The van der Waals surface area contributed by atoms with Crippen LogP contribution in [0.2, 0.25) is 0 Å². The fraction of sp³-hybridized carbons (Fsp3) is 0.556. The number of esters is 2. The predicted octanol–water partition coefficient (Wildman–Crippen LogP) is 3.17. The van der Waals surface area contributed by atoms with Gasteiger partial charge in [-0.3, -0.25) is 4.79 Å². The van der Waals surface area contributed by atoms with Crippen molar-refractivity contribution in [3.63, 3.8) is 0 Å². The van der Waals surface area contributed by atoms with E-state index in [1.54, 1.807) is 6.07 Å². The van der Waals surface area contributed by atoms with E-state index in [0.717, 1.165) is 0 Å². The van der Waals surface area contributed by atoms with Gasteiger partial charge >= 0.3 is 11.9 Å². The van der Waals surface area contributed by atoms with Crippen molar-refractivity contribution in [3.8, 4) is 0 Å². The van der Waals surface area contributed by atoms with Crippen LogP contribution >= 0.6 is 0 Å². The Kier molecular flexibility index (Phi) is 5.47. The predicted molar refractivity (Wildman–Crippen MR) is 88.5 cm³/mol. The zero-order valence-corrected chi connectivity index (χ0v) is 14.6. The van der Waals surface area contributed by atoms with Crippen molar-refractivity contribution in [2.24, 2.45) is 5.92 Å². The van der Waals surface area contributed by atoms with Crippen molar-refractivity contribution in [1.82, 2.24) is 0 Å². The van der Waals surface area contributed by atoms with E-state index in [9.17, 15) is 14.0 Å². The molecule has 2 rings (SSSR count). The van der Waals surface area contributed by atoms with Crippen LogP contribution in [-0.2, 0) is 14.3 Å². The van der Waals surface area contributed by atoms with E-state index in [4.69, 9.17) is 4.74 Å². The molecule has 0 spiro atoms. The van der Waals surface area contributed by atoms with Gasteiger partial charge in [-0.05, 0) is 51.8 Å². The van der Waals surface area contributed by atoms with E-state index in [1.807, 2.05) is 25.7 Å². The summed E-state index contributed by atoms with van der Waals surface area (Å²) < 4.78 is 24.0. The number of piperidine rings is 1. The number of carbonyl (C=O) groups excluding carboxylic acids is 2. The average molecular weight is 337 g/mol. The number of hydrogen-bond acceptors (Lipinski definition) is 5. The maximum Gasteiger partial charge on any atom is 0.340 e. The lowest BCUT2D eigenvalue weighted by Gasteiger charge is -2.34. The summed E-state index contributed by atoms with van der Waals surface area (Å²) in [6.45, 7) is 6.84. The van der Waals surface area contributed by atoms with Gasteiger partial charge in [0.25, 0.3) is 0 Å². The van der Waals surface area contributed by atoms with E-state index in [-0.39, 0.29) is 17.5 Å². The number of anilines is 1. The molecule has 5 nitrogen and oxygen atoms in total. The molecule has 0 amide bonds. The number of hydrogen-bond donors (Lipinski definition) is 0. The first-order valence-corrected chi connectivity index (χ1v) is 8.07. The van der Waals surface area contributed by atoms with E-state index >= 15 is 0 Å². The monoisotopic (exact) mass is 337 g/mol. The van der Waals surface area contributed by atoms with Crippen LogP contribution in [0.4, 0.5) is 10.1 Å². The number of benzene rings is 1. The molecule has 6 heteroatoms. The van der Waals surface area contributed by atoms with Crippen LogP contribution in [0.3, 0.4) is 0 Å². The fourth-order valence-electron chi connectivity index (χ4n) is 2.73. The van der Waals surface area contributed by atoms with Crippen LogP contribution in [0.5, 0.6) is 0 Å².